The van der Waals surface area contributed by atoms with Crippen LogP contribution >= 0.6 is 0 Å². The molecule has 0 aliphatic rings. The first kappa shape index (κ1) is 16.6. The van der Waals surface area contributed by atoms with E-state index in [0.717, 1.165) is 11.3 Å². The highest BCUT2D eigenvalue weighted by Crippen LogP contribution is 2.25. The van der Waals surface area contributed by atoms with Crippen molar-refractivity contribution in [1.29, 1.82) is 0 Å². The number of anilines is 1. The van der Waals surface area contributed by atoms with Crippen LogP contribution in [0.15, 0.2) is 60.7 Å². The number of para-hydroxylation sites is 2. The zero-order valence-electron chi connectivity index (χ0n) is 13.5. The lowest BCUT2D eigenvalue weighted by Gasteiger charge is -2.12. The Kier molecular flexibility index (Phi) is 5.80. The van der Waals surface area contributed by atoms with E-state index in [9.17, 15) is 4.79 Å². The first-order valence-electron chi connectivity index (χ1n) is 7.50. The first-order chi connectivity index (χ1) is 11.1. The number of hydrogen-bond donors (Lipinski definition) is 1. The minimum Gasteiger partial charge on any atom is -0.494 e. The predicted octanol–water partition coefficient (Wildman–Crippen LogP) is 4.29. The van der Waals surface area contributed by atoms with Gasteiger partial charge in [0.05, 0.1) is 12.3 Å². The maximum Gasteiger partial charge on any atom is 0.255 e. The summed E-state index contributed by atoms with van der Waals surface area (Å²) in [5.74, 6) is 1.17. The fraction of sp³-hybridized carbons (Fsp3) is 0.211. The van der Waals surface area contributed by atoms with Gasteiger partial charge in [0, 0.05) is 5.56 Å². The standard InChI is InChI=1S/C19H21NO3/c1-4-22-16-11-9-15(10-12-16)19(21)20-17-7-5-6-8-18(17)23-13-14(2)3/h5-12H,2,4,13H2,1,3H3,(H,20,21). The van der Waals surface area contributed by atoms with E-state index in [2.05, 4.69) is 11.9 Å². The van der Waals surface area contributed by atoms with Crippen LogP contribution in [-0.2, 0) is 0 Å². The normalized spacial score (nSPS) is 10.0. The highest BCUT2D eigenvalue weighted by molar-refractivity contribution is 6.05. The molecule has 0 saturated heterocycles. The molecule has 0 bridgehead atoms. The van der Waals surface area contributed by atoms with Gasteiger partial charge in [-0.25, -0.2) is 0 Å². The van der Waals surface area contributed by atoms with E-state index in [0.29, 0.717) is 30.2 Å². The molecule has 0 heterocycles. The molecule has 4 nitrogen and oxygen atoms in total. The average Bonchev–Trinajstić information content (AvgIpc) is 2.55. The molecule has 2 aromatic carbocycles. The molecule has 120 valence electrons. The summed E-state index contributed by atoms with van der Waals surface area (Å²) < 4.78 is 11.0. The van der Waals surface area contributed by atoms with Gasteiger partial charge in [-0.2, -0.15) is 0 Å². The van der Waals surface area contributed by atoms with Crippen molar-refractivity contribution in [2.75, 3.05) is 18.5 Å². The van der Waals surface area contributed by atoms with Crippen molar-refractivity contribution < 1.29 is 14.3 Å². The van der Waals surface area contributed by atoms with Gasteiger partial charge in [-0.05, 0) is 55.8 Å². The Balaban J connectivity index is 2.09. The van der Waals surface area contributed by atoms with Crippen LogP contribution in [0.2, 0.25) is 0 Å². The molecule has 0 aliphatic heterocycles. The van der Waals surface area contributed by atoms with Gasteiger partial charge in [-0.1, -0.05) is 18.7 Å². The van der Waals surface area contributed by atoms with Gasteiger partial charge in [0.25, 0.3) is 5.91 Å². The van der Waals surface area contributed by atoms with Crippen LogP contribution in [0, 0.1) is 0 Å². The summed E-state index contributed by atoms with van der Waals surface area (Å²) in [6.45, 7) is 8.63. The third kappa shape index (κ3) is 4.88. The molecule has 1 N–H and O–H groups in total. The maximum atomic E-state index is 12.3. The van der Waals surface area contributed by atoms with E-state index in [1.807, 2.05) is 32.0 Å². The molecule has 0 aliphatic carbocycles. The summed E-state index contributed by atoms with van der Waals surface area (Å²) in [5, 5.41) is 2.87. The topological polar surface area (TPSA) is 47.6 Å². The number of nitrogens with one attached hydrogen (secondary N) is 1. The molecule has 1 amide bonds. The van der Waals surface area contributed by atoms with Gasteiger partial charge in [-0.15, -0.1) is 0 Å². The third-order valence-electron chi connectivity index (χ3n) is 3.04. The van der Waals surface area contributed by atoms with Crippen LogP contribution in [0.5, 0.6) is 11.5 Å². The maximum absolute atomic E-state index is 12.3. The summed E-state index contributed by atoms with van der Waals surface area (Å²) in [5.41, 5.74) is 2.11. The van der Waals surface area contributed by atoms with Crippen LogP contribution in [-0.4, -0.2) is 19.1 Å². The number of carbonyl (C=O) groups excluding carboxylic acids is 1. The molecule has 4 heteroatoms. The fourth-order valence-electron chi connectivity index (χ4n) is 1.96. The zero-order valence-corrected chi connectivity index (χ0v) is 13.5. The number of rotatable bonds is 7. The van der Waals surface area contributed by atoms with E-state index in [-0.39, 0.29) is 5.91 Å². The second-order valence-electron chi connectivity index (χ2n) is 5.15. The SMILES string of the molecule is C=C(C)COc1ccccc1NC(=O)c1ccc(OCC)cc1. The lowest BCUT2D eigenvalue weighted by Crippen LogP contribution is -2.13. The average molecular weight is 311 g/mol. The molecule has 0 spiro atoms. The molecule has 0 radical (unpaired) electrons. The van der Waals surface area contributed by atoms with E-state index in [1.165, 1.54) is 0 Å². The Hall–Kier alpha value is -2.75. The summed E-state index contributed by atoms with van der Waals surface area (Å²) in [6, 6.07) is 14.4. The first-order valence-corrected chi connectivity index (χ1v) is 7.50. The highest BCUT2D eigenvalue weighted by Gasteiger charge is 2.10. The van der Waals surface area contributed by atoms with Crippen molar-refractivity contribution in [3.8, 4) is 11.5 Å². The Labute approximate surface area is 136 Å². The van der Waals surface area contributed by atoms with Gasteiger partial charge in [-0.3, -0.25) is 4.79 Å². The predicted molar refractivity (Wildman–Crippen MR) is 92.3 cm³/mol. The summed E-state index contributed by atoms with van der Waals surface area (Å²) in [6.07, 6.45) is 0. The summed E-state index contributed by atoms with van der Waals surface area (Å²) in [7, 11) is 0. The molecule has 0 unspecified atom stereocenters. The number of ether oxygens (including phenoxy) is 2. The van der Waals surface area contributed by atoms with Crippen LogP contribution in [0.25, 0.3) is 0 Å². The quantitative estimate of drug-likeness (QED) is 0.776. The van der Waals surface area contributed by atoms with E-state index in [4.69, 9.17) is 9.47 Å². The number of benzene rings is 2. The Morgan fingerprint density at radius 2 is 1.78 bits per heavy atom. The number of hydrogen-bond acceptors (Lipinski definition) is 3. The van der Waals surface area contributed by atoms with Gasteiger partial charge >= 0.3 is 0 Å². The van der Waals surface area contributed by atoms with Crippen molar-refractivity contribution in [3.63, 3.8) is 0 Å². The molecule has 0 saturated carbocycles. The van der Waals surface area contributed by atoms with Crippen molar-refractivity contribution >= 4 is 11.6 Å². The largest absolute Gasteiger partial charge is 0.494 e. The van der Waals surface area contributed by atoms with Crippen molar-refractivity contribution in [2.24, 2.45) is 0 Å². The molecule has 2 rings (SSSR count). The van der Waals surface area contributed by atoms with Crippen LogP contribution in [0.3, 0.4) is 0 Å². The Morgan fingerprint density at radius 1 is 1.09 bits per heavy atom. The van der Waals surface area contributed by atoms with Gasteiger partial charge in [0.1, 0.15) is 18.1 Å². The summed E-state index contributed by atoms with van der Waals surface area (Å²) in [4.78, 5) is 12.3. The van der Waals surface area contributed by atoms with Crippen LogP contribution in [0.1, 0.15) is 24.2 Å². The minimum absolute atomic E-state index is 0.195. The van der Waals surface area contributed by atoms with Gasteiger partial charge < -0.3 is 14.8 Å². The second-order valence-corrected chi connectivity index (χ2v) is 5.15. The van der Waals surface area contributed by atoms with Crippen molar-refractivity contribution in [1.82, 2.24) is 0 Å². The summed E-state index contributed by atoms with van der Waals surface area (Å²) >= 11 is 0. The zero-order chi connectivity index (χ0) is 16.7. The van der Waals surface area contributed by atoms with E-state index in [1.54, 1.807) is 30.3 Å². The van der Waals surface area contributed by atoms with Crippen LogP contribution in [0.4, 0.5) is 5.69 Å². The van der Waals surface area contributed by atoms with E-state index >= 15 is 0 Å². The molecule has 0 atom stereocenters. The lowest BCUT2D eigenvalue weighted by molar-refractivity contribution is 0.102. The fourth-order valence-corrected chi connectivity index (χ4v) is 1.96. The molecule has 0 aromatic heterocycles. The number of carbonyl (C=O) groups is 1. The Morgan fingerprint density at radius 3 is 2.43 bits per heavy atom. The molecular weight excluding hydrogens is 290 g/mol. The minimum atomic E-state index is -0.195. The molecule has 2 aromatic rings. The van der Waals surface area contributed by atoms with Gasteiger partial charge in [0.2, 0.25) is 0 Å². The number of amides is 1. The van der Waals surface area contributed by atoms with Crippen molar-refractivity contribution in [2.45, 2.75) is 13.8 Å². The molecular formula is C19H21NO3. The van der Waals surface area contributed by atoms with Crippen LogP contribution < -0.4 is 14.8 Å². The lowest BCUT2D eigenvalue weighted by atomic mass is 10.2. The third-order valence-corrected chi connectivity index (χ3v) is 3.04. The second kappa shape index (κ2) is 8.03. The van der Waals surface area contributed by atoms with E-state index < -0.39 is 0 Å². The smallest absolute Gasteiger partial charge is 0.255 e. The molecule has 0 fully saturated rings. The Bertz CT molecular complexity index is 677. The monoisotopic (exact) mass is 311 g/mol. The van der Waals surface area contributed by atoms with Gasteiger partial charge in [0.15, 0.2) is 0 Å². The highest BCUT2D eigenvalue weighted by atomic mass is 16.5. The molecule has 23 heavy (non-hydrogen) atoms. The van der Waals surface area contributed by atoms with Crippen molar-refractivity contribution in [3.05, 3.63) is 66.2 Å².